The van der Waals surface area contributed by atoms with Crippen molar-refractivity contribution in [2.75, 3.05) is 20.2 Å². The Bertz CT molecular complexity index is 1510. The number of fused-ring (bicyclic) bond motifs is 1. The Hall–Kier alpha value is -3.01. The summed E-state index contributed by atoms with van der Waals surface area (Å²) in [5.74, 6) is 0.00550. The fraction of sp³-hybridized carbons (Fsp3) is 0.280. The molecule has 5 rings (SSSR count). The van der Waals surface area contributed by atoms with Crippen LogP contribution in [-0.4, -0.2) is 47.5 Å². The fourth-order valence-electron chi connectivity index (χ4n) is 4.54. The van der Waals surface area contributed by atoms with Crippen LogP contribution < -0.4 is 4.74 Å². The van der Waals surface area contributed by atoms with Gasteiger partial charge in [-0.15, -0.1) is 0 Å². The fourth-order valence-corrected chi connectivity index (χ4v) is 6.25. The first-order valence-corrected chi connectivity index (χ1v) is 13.1. The third-order valence-electron chi connectivity index (χ3n) is 6.34. The molecule has 1 fully saturated rings. The minimum absolute atomic E-state index is 0.00420. The molecule has 0 radical (unpaired) electrons. The number of halogens is 2. The van der Waals surface area contributed by atoms with Gasteiger partial charge in [0.2, 0.25) is 10.0 Å². The molecule has 2 aromatic heterocycles. The molecule has 4 aromatic rings. The topological polar surface area (TPSA) is 77.3 Å². The number of aromatic nitrogens is 3. The molecule has 0 bridgehead atoms. The maximum atomic E-state index is 14.2. The van der Waals surface area contributed by atoms with Gasteiger partial charge in [0, 0.05) is 30.4 Å². The molecule has 1 saturated heterocycles. The normalized spacial score (nSPS) is 15.5. The number of hydrogen-bond acceptors (Lipinski definition) is 5. The molecule has 1 aliphatic rings. The monoisotopic (exact) mass is 514 g/mol. The Labute approximate surface area is 208 Å². The van der Waals surface area contributed by atoms with E-state index in [1.165, 1.54) is 23.5 Å². The summed E-state index contributed by atoms with van der Waals surface area (Å²) in [6.07, 6.45) is 1.10. The predicted molar refractivity (Wildman–Crippen MR) is 133 cm³/mol. The molecule has 0 aliphatic carbocycles. The van der Waals surface area contributed by atoms with Crippen LogP contribution in [-0.2, 0) is 10.0 Å². The maximum Gasteiger partial charge on any atom is 0.243 e. The van der Waals surface area contributed by atoms with Crippen LogP contribution in [0.2, 0.25) is 5.02 Å². The summed E-state index contributed by atoms with van der Waals surface area (Å²) in [6, 6.07) is 15.1. The van der Waals surface area contributed by atoms with Crippen molar-refractivity contribution in [2.45, 2.75) is 30.7 Å². The quantitative estimate of drug-likeness (QED) is 0.364. The Morgan fingerprint density at radius 1 is 1.06 bits per heavy atom. The summed E-state index contributed by atoms with van der Waals surface area (Å²) in [5, 5.41) is 0.585. The van der Waals surface area contributed by atoms with Crippen molar-refractivity contribution in [3.63, 3.8) is 0 Å². The number of benzene rings is 2. The average molecular weight is 515 g/mol. The molecule has 0 unspecified atom stereocenters. The lowest BCUT2D eigenvalue weighted by Gasteiger charge is -2.32. The van der Waals surface area contributed by atoms with Gasteiger partial charge in [-0.1, -0.05) is 23.7 Å². The average Bonchev–Trinajstić information content (AvgIpc) is 3.22. The first-order valence-electron chi connectivity index (χ1n) is 11.2. The minimum atomic E-state index is -3.84. The van der Waals surface area contributed by atoms with Gasteiger partial charge in [0.25, 0.3) is 0 Å². The van der Waals surface area contributed by atoms with E-state index in [-0.39, 0.29) is 29.8 Å². The molecule has 7 nitrogen and oxygen atoms in total. The highest BCUT2D eigenvalue weighted by atomic mass is 35.5. The number of sulfonamides is 1. The lowest BCUT2D eigenvalue weighted by molar-refractivity contribution is 0.278. The standard InChI is InChI=1S/C25H24ClFN4O3S/c1-16-7-9-22-25(28-16)31(24(29-22)19-5-3-4-6-20(19)26)17-11-13-30(14-12-17)35(32,33)18-8-10-23(34-2)21(27)15-18/h3-10,15,17H,11-14H2,1-2H3. The SMILES string of the molecule is COc1ccc(S(=O)(=O)N2CCC(n3c(-c4ccccc4Cl)nc4ccc(C)nc43)CC2)cc1F. The number of pyridine rings is 1. The molecule has 3 heterocycles. The third kappa shape index (κ3) is 4.28. The van der Waals surface area contributed by atoms with Crippen molar-refractivity contribution in [3.8, 4) is 17.1 Å². The van der Waals surface area contributed by atoms with E-state index in [0.717, 1.165) is 28.5 Å². The van der Waals surface area contributed by atoms with Gasteiger partial charge >= 0.3 is 0 Å². The zero-order valence-corrected chi connectivity index (χ0v) is 20.9. The number of nitrogens with zero attached hydrogens (tertiary/aromatic N) is 4. The molecule has 0 atom stereocenters. The lowest BCUT2D eigenvalue weighted by Crippen LogP contribution is -2.39. The van der Waals surface area contributed by atoms with E-state index in [4.69, 9.17) is 26.3 Å². The van der Waals surface area contributed by atoms with Crippen molar-refractivity contribution in [2.24, 2.45) is 0 Å². The zero-order chi connectivity index (χ0) is 24.7. The molecule has 0 N–H and O–H groups in total. The highest BCUT2D eigenvalue weighted by molar-refractivity contribution is 7.89. The Balaban J connectivity index is 1.47. The van der Waals surface area contributed by atoms with Gasteiger partial charge in [0.05, 0.1) is 17.0 Å². The van der Waals surface area contributed by atoms with E-state index in [0.29, 0.717) is 23.7 Å². The first-order chi connectivity index (χ1) is 16.8. The molecular formula is C25H24ClFN4O3S. The van der Waals surface area contributed by atoms with Crippen LogP contribution >= 0.6 is 11.6 Å². The summed E-state index contributed by atoms with van der Waals surface area (Å²) in [6.45, 7) is 2.50. The van der Waals surface area contributed by atoms with Gasteiger partial charge in [-0.05, 0) is 62.2 Å². The van der Waals surface area contributed by atoms with Crippen LogP contribution in [0.4, 0.5) is 4.39 Å². The van der Waals surface area contributed by atoms with Crippen LogP contribution in [0.3, 0.4) is 0 Å². The Morgan fingerprint density at radius 3 is 2.49 bits per heavy atom. The van der Waals surface area contributed by atoms with Gasteiger partial charge in [-0.25, -0.2) is 22.8 Å². The van der Waals surface area contributed by atoms with E-state index in [9.17, 15) is 12.8 Å². The molecule has 0 saturated carbocycles. The summed E-state index contributed by atoms with van der Waals surface area (Å²) >= 11 is 6.51. The molecule has 2 aromatic carbocycles. The van der Waals surface area contributed by atoms with E-state index in [1.54, 1.807) is 0 Å². The number of ether oxygens (including phenoxy) is 1. The number of piperidine rings is 1. The molecule has 182 valence electrons. The van der Waals surface area contributed by atoms with Crippen molar-refractivity contribution >= 4 is 32.8 Å². The molecule has 10 heteroatoms. The second-order valence-corrected chi connectivity index (χ2v) is 10.9. The van der Waals surface area contributed by atoms with Gasteiger partial charge in [0.15, 0.2) is 17.2 Å². The van der Waals surface area contributed by atoms with Crippen LogP contribution in [0.15, 0.2) is 59.5 Å². The highest BCUT2D eigenvalue weighted by Crippen LogP contribution is 2.36. The van der Waals surface area contributed by atoms with E-state index < -0.39 is 15.8 Å². The Morgan fingerprint density at radius 2 is 1.80 bits per heavy atom. The maximum absolute atomic E-state index is 14.2. The van der Waals surface area contributed by atoms with Gasteiger partial charge < -0.3 is 9.30 Å². The number of aryl methyl sites for hydroxylation is 1. The summed E-state index contributed by atoms with van der Waals surface area (Å²) in [5.41, 5.74) is 3.17. The molecule has 1 aliphatic heterocycles. The van der Waals surface area contributed by atoms with Crippen LogP contribution in [0.5, 0.6) is 5.75 Å². The van der Waals surface area contributed by atoms with E-state index >= 15 is 0 Å². The second kappa shape index (κ2) is 9.22. The molecule has 0 spiro atoms. The lowest BCUT2D eigenvalue weighted by atomic mass is 10.1. The summed E-state index contributed by atoms with van der Waals surface area (Å²) in [4.78, 5) is 9.49. The highest BCUT2D eigenvalue weighted by Gasteiger charge is 2.32. The molecule has 0 amide bonds. The van der Waals surface area contributed by atoms with Crippen LogP contribution in [0, 0.1) is 12.7 Å². The van der Waals surface area contributed by atoms with Crippen molar-refractivity contribution < 1.29 is 17.5 Å². The number of imidazole rings is 1. The summed E-state index contributed by atoms with van der Waals surface area (Å²) in [7, 11) is -2.51. The minimum Gasteiger partial charge on any atom is -0.494 e. The number of hydrogen-bond donors (Lipinski definition) is 0. The number of rotatable bonds is 5. The van der Waals surface area contributed by atoms with Crippen molar-refractivity contribution in [1.82, 2.24) is 18.8 Å². The Kier molecular flexibility index (Phi) is 6.25. The van der Waals surface area contributed by atoms with Gasteiger partial charge in [-0.2, -0.15) is 4.31 Å². The van der Waals surface area contributed by atoms with Gasteiger partial charge in [0.1, 0.15) is 11.3 Å². The van der Waals surface area contributed by atoms with Crippen molar-refractivity contribution in [1.29, 1.82) is 0 Å². The van der Waals surface area contributed by atoms with Crippen LogP contribution in [0.25, 0.3) is 22.6 Å². The van der Waals surface area contributed by atoms with Crippen LogP contribution in [0.1, 0.15) is 24.6 Å². The predicted octanol–water partition coefficient (Wildman–Crippen LogP) is 5.23. The molecule has 35 heavy (non-hydrogen) atoms. The first kappa shape index (κ1) is 23.7. The van der Waals surface area contributed by atoms with Gasteiger partial charge in [-0.3, -0.25) is 0 Å². The smallest absolute Gasteiger partial charge is 0.243 e. The third-order valence-corrected chi connectivity index (χ3v) is 8.57. The summed E-state index contributed by atoms with van der Waals surface area (Å²) < 4.78 is 49.0. The zero-order valence-electron chi connectivity index (χ0n) is 19.3. The second-order valence-electron chi connectivity index (χ2n) is 8.51. The largest absolute Gasteiger partial charge is 0.494 e. The molecular weight excluding hydrogens is 491 g/mol. The van der Waals surface area contributed by atoms with E-state index in [2.05, 4.69) is 4.57 Å². The van der Waals surface area contributed by atoms with Crippen molar-refractivity contribution in [3.05, 3.63) is 71.1 Å². The number of methoxy groups -OCH3 is 1. The van der Waals surface area contributed by atoms with E-state index in [1.807, 2.05) is 43.3 Å².